The first-order chi connectivity index (χ1) is 12.0. The number of aliphatic hydroxyl groups excluding tert-OH is 1. The van der Waals surface area contributed by atoms with Crippen LogP contribution in [0.25, 0.3) is 10.9 Å². The lowest BCUT2D eigenvalue weighted by atomic mass is 9.95. The summed E-state index contributed by atoms with van der Waals surface area (Å²) in [6.07, 6.45) is 2.50. The molecule has 0 saturated heterocycles. The predicted molar refractivity (Wildman–Crippen MR) is 105 cm³/mol. The van der Waals surface area contributed by atoms with Crippen LogP contribution < -0.4 is 0 Å². The fraction of sp³-hybridized carbons (Fsp3) is 0.571. The lowest BCUT2D eigenvalue weighted by molar-refractivity contribution is 0.0544. The van der Waals surface area contributed by atoms with Gasteiger partial charge in [0.05, 0.1) is 17.7 Å². The molecule has 2 aromatic rings. The van der Waals surface area contributed by atoms with Gasteiger partial charge in [-0.05, 0) is 70.7 Å². The van der Waals surface area contributed by atoms with Gasteiger partial charge >= 0.3 is 6.09 Å². The summed E-state index contributed by atoms with van der Waals surface area (Å²) in [5, 5.41) is 20.4. The largest absolute Gasteiger partial charge is 0.443 e. The second-order valence-corrected chi connectivity index (χ2v) is 7.82. The highest BCUT2D eigenvalue weighted by Gasteiger charge is 2.20. The highest BCUT2D eigenvalue weighted by molar-refractivity contribution is 5.92. The predicted octanol–water partition coefficient (Wildman–Crippen LogP) is 4.65. The summed E-state index contributed by atoms with van der Waals surface area (Å²) in [4.78, 5) is 12.4. The maximum atomic E-state index is 12.4. The molecule has 0 atom stereocenters. The van der Waals surface area contributed by atoms with Crippen molar-refractivity contribution in [3.8, 4) is 0 Å². The molecule has 0 amide bonds. The molecule has 26 heavy (non-hydrogen) atoms. The van der Waals surface area contributed by atoms with E-state index in [9.17, 15) is 15.0 Å². The quantitative estimate of drug-likeness (QED) is 0.829. The van der Waals surface area contributed by atoms with E-state index in [4.69, 9.17) is 4.74 Å². The van der Waals surface area contributed by atoms with Gasteiger partial charge in [0.15, 0.2) is 0 Å². The van der Waals surface area contributed by atoms with E-state index < -0.39 is 17.3 Å². The number of nitrogens with zero attached hydrogens (tertiary/aromatic N) is 1. The number of hydrogen-bond donors (Lipinski definition) is 2. The third kappa shape index (κ3) is 6.15. The number of carbonyl (C=O) groups excluding carboxylic acids is 1. The Morgan fingerprint density at radius 3 is 2.27 bits per heavy atom. The van der Waals surface area contributed by atoms with Gasteiger partial charge in [-0.1, -0.05) is 19.9 Å². The van der Waals surface area contributed by atoms with Gasteiger partial charge in [-0.3, -0.25) is 4.57 Å². The zero-order chi connectivity index (χ0) is 20.1. The maximum Gasteiger partial charge on any atom is 0.418 e. The van der Waals surface area contributed by atoms with Gasteiger partial charge in [-0.25, -0.2) is 4.79 Å². The Morgan fingerprint density at radius 1 is 1.15 bits per heavy atom. The van der Waals surface area contributed by atoms with Crippen molar-refractivity contribution in [2.75, 3.05) is 0 Å². The van der Waals surface area contributed by atoms with Crippen LogP contribution >= 0.6 is 0 Å². The molecule has 2 rings (SSSR count). The topological polar surface area (TPSA) is 71.7 Å². The molecule has 0 aliphatic carbocycles. The average molecular weight is 363 g/mol. The van der Waals surface area contributed by atoms with Gasteiger partial charge in [0.25, 0.3) is 0 Å². The summed E-state index contributed by atoms with van der Waals surface area (Å²) in [7, 11) is 0. The van der Waals surface area contributed by atoms with Crippen LogP contribution in [0.15, 0.2) is 24.4 Å². The van der Waals surface area contributed by atoms with Crippen molar-refractivity contribution in [1.29, 1.82) is 0 Å². The van der Waals surface area contributed by atoms with Crippen molar-refractivity contribution in [1.82, 2.24) is 4.57 Å². The zero-order valence-corrected chi connectivity index (χ0v) is 17.1. The summed E-state index contributed by atoms with van der Waals surface area (Å²) >= 11 is 0. The minimum Gasteiger partial charge on any atom is -0.443 e. The van der Waals surface area contributed by atoms with Gasteiger partial charge in [-0.15, -0.1) is 0 Å². The molecule has 0 aliphatic heterocycles. The molecule has 0 fully saturated rings. The first-order valence-corrected chi connectivity index (χ1v) is 9.19. The molecule has 0 saturated carbocycles. The van der Waals surface area contributed by atoms with Crippen molar-refractivity contribution in [2.24, 2.45) is 0 Å². The molecule has 1 heterocycles. The number of rotatable bonds is 4. The Labute approximate surface area is 156 Å². The molecular formula is C21H33NO4. The molecule has 5 heteroatoms. The van der Waals surface area contributed by atoms with Crippen LogP contribution in [0.3, 0.4) is 0 Å². The molecule has 2 N–H and O–H groups in total. The summed E-state index contributed by atoms with van der Waals surface area (Å²) in [6.45, 7) is 12.9. The van der Waals surface area contributed by atoms with Crippen LogP contribution in [0.5, 0.6) is 0 Å². The van der Waals surface area contributed by atoms with Crippen LogP contribution in [0.4, 0.5) is 4.79 Å². The summed E-state index contributed by atoms with van der Waals surface area (Å²) in [5.74, 6) is 0. The second kappa shape index (κ2) is 8.69. The summed E-state index contributed by atoms with van der Waals surface area (Å²) in [6, 6.07) is 5.60. The molecule has 0 unspecified atom stereocenters. The van der Waals surface area contributed by atoms with E-state index in [-0.39, 0.29) is 6.61 Å². The van der Waals surface area contributed by atoms with Crippen molar-refractivity contribution < 1.29 is 19.7 Å². The van der Waals surface area contributed by atoms with Crippen molar-refractivity contribution in [3.05, 3.63) is 35.5 Å². The number of aliphatic hydroxyl groups is 2. The molecule has 146 valence electrons. The Morgan fingerprint density at radius 2 is 1.77 bits per heavy atom. The number of ether oxygens (including phenoxy) is 1. The lowest BCUT2D eigenvalue weighted by Crippen LogP contribution is -2.26. The van der Waals surface area contributed by atoms with E-state index in [1.165, 1.54) is 4.57 Å². The lowest BCUT2D eigenvalue weighted by Gasteiger charge is -2.20. The van der Waals surface area contributed by atoms with E-state index >= 15 is 0 Å². The maximum absolute atomic E-state index is 12.4. The fourth-order valence-corrected chi connectivity index (χ4v) is 2.59. The van der Waals surface area contributed by atoms with Crippen LogP contribution in [0, 0.1) is 0 Å². The SMILES string of the molecule is CC.CC(C)(O)CCc1cc(CO)cc2c1ccn2C(=O)OC(C)(C)C. The molecule has 0 aliphatic rings. The van der Waals surface area contributed by atoms with Crippen molar-refractivity contribution in [2.45, 2.75) is 79.1 Å². The number of hydrogen-bond acceptors (Lipinski definition) is 4. The highest BCUT2D eigenvalue weighted by Crippen LogP contribution is 2.26. The Balaban J connectivity index is 0.00000163. The smallest absolute Gasteiger partial charge is 0.418 e. The third-order valence-corrected chi connectivity index (χ3v) is 3.73. The molecule has 0 spiro atoms. The number of fused-ring (bicyclic) bond motifs is 1. The Kier molecular flexibility index (Phi) is 7.42. The monoisotopic (exact) mass is 363 g/mol. The third-order valence-electron chi connectivity index (χ3n) is 3.73. The molecule has 1 aromatic heterocycles. The summed E-state index contributed by atoms with van der Waals surface area (Å²) < 4.78 is 6.90. The molecule has 0 radical (unpaired) electrons. The Hall–Kier alpha value is -1.85. The first kappa shape index (κ1) is 22.2. The minimum absolute atomic E-state index is 0.106. The summed E-state index contributed by atoms with van der Waals surface area (Å²) in [5.41, 5.74) is 1.10. The normalized spacial score (nSPS) is 11.9. The second-order valence-electron chi connectivity index (χ2n) is 7.82. The fourth-order valence-electron chi connectivity index (χ4n) is 2.59. The van der Waals surface area contributed by atoms with E-state index in [0.717, 1.165) is 16.5 Å². The van der Waals surface area contributed by atoms with Gasteiger partial charge in [0.2, 0.25) is 0 Å². The standard InChI is InChI=1S/C19H27NO4.C2H6/c1-18(2,3)24-17(22)20-9-7-15-14(6-8-19(4,5)23)10-13(12-21)11-16(15)20;1-2/h7,9-11,21,23H,6,8,12H2,1-5H3;1-2H3. The van der Waals surface area contributed by atoms with Gasteiger partial charge in [0, 0.05) is 11.6 Å². The van der Waals surface area contributed by atoms with Crippen LogP contribution in [0.1, 0.15) is 66.0 Å². The van der Waals surface area contributed by atoms with Crippen LogP contribution in [0.2, 0.25) is 0 Å². The number of aryl methyl sites for hydroxylation is 1. The minimum atomic E-state index is -0.769. The molecule has 1 aromatic carbocycles. The van der Waals surface area contributed by atoms with Crippen LogP contribution in [-0.4, -0.2) is 32.1 Å². The van der Waals surface area contributed by atoms with Gasteiger partial charge < -0.3 is 14.9 Å². The number of aromatic nitrogens is 1. The highest BCUT2D eigenvalue weighted by atomic mass is 16.6. The van der Waals surface area contributed by atoms with E-state index in [1.807, 2.05) is 46.8 Å². The zero-order valence-electron chi connectivity index (χ0n) is 17.1. The number of carbonyl (C=O) groups is 1. The van der Waals surface area contributed by atoms with Gasteiger partial charge in [0.1, 0.15) is 5.60 Å². The van der Waals surface area contributed by atoms with Crippen molar-refractivity contribution in [3.63, 3.8) is 0 Å². The van der Waals surface area contributed by atoms with E-state index in [2.05, 4.69) is 0 Å². The average Bonchev–Trinajstić information content (AvgIpc) is 2.96. The van der Waals surface area contributed by atoms with Crippen LogP contribution in [-0.2, 0) is 17.8 Å². The molecule has 0 bridgehead atoms. The molecule has 5 nitrogen and oxygen atoms in total. The van der Waals surface area contributed by atoms with E-state index in [0.29, 0.717) is 18.4 Å². The van der Waals surface area contributed by atoms with E-state index in [1.54, 1.807) is 26.1 Å². The van der Waals surface area contributed by atoms with Crippen molar-refractivity contribution >= 4 is 17.0 Å². The number of benzene rings is 1. The molecular weight excluding hydrogens is 330 g/mol. The first-order valence-electron chi connectivity index (χ1n) is 9.19. The Bertz CT molecular complexity index is 733. The van der Waals surface area contributed by atoms with Gasteiger partial charge in [-0.2, -0.15) is 0 Å².